The number of benzene rings is 2. The number of rotatable bonds is 6. The molecule has 0 aliphatic carbocycles. The van der Waals surface area contributed by atoms with E-state index in [2.05, 4.69) is 17.3 Å². The third-order valence-electron chi connectivity index (χ3n) is 5.09. The molecule has 150 valence electrons. The van der Waals surface area contributed by atoms with Crippen LogP contribution in [-0.4, -0.2) is 51.9 Å². The minimum absolute atomic E-state index is 0.0850. The van der Waals surface area contributed by atoms with Crippen molar-refractivity contribution in [3.05, 3.63) is 60.2 Å². The number of piperidine rings is 1. The molecule has 1 heterocycles. The number of para-hydroxylation sites is 1. The van der Waals surface area contributed by atoms with Gasteiger partial charge in [-0.3, -0.25) is 9.10 Å². The maximum Gasteiger partial charge on any atom is 0.264 e. The number of amides is 1. The quantitative estimate of drug-likeness (QED) is 0.807. The highest BCUT2D eigenvalue weighted by Gasteiger charge is 2.29. The van der Waals surface area contributed by atoms with E-state index in [-0.39, 0.29) is 23.4 Å². The van der Waals surface area contributed by atoms with Crippen molar-refractivity contribution in [3.63, 3.8) is 0 Å². The summed E-state index contributed by atoms with van der Waals surface area (Å²) in [5.41, 5.74) is 1.32. The van der Waals surface area contributed by atoms with Crippen LogP contribution in [-0.2, 0) is 14.8 Å². The molecule has 3 rings (SSSR count). The summed E-state index contributed by atoms with van der Waals surface area (Å²) < 4.78 is 27.8. The summed E-state index contributed by atoms with van der Waals surface area (Å²) in [5.74, 6) is -0.280. The summed E-state index contributed by atoms with van der Waals surface area (Å²) in [6.45, 7) is 3.45. The molecule has 0 radical (unpaired) electrons. The van der Waals surface area contributed by atoms with Gasteiger partial charge >= 0.3 is 0 Å². The van der Waals surface area contributed by atoms with Crippen LogP contribution in [0.3, 0.4) is 0 Å². The van der Waals surface area contributed by atoms with Crippen molar-refractivity contribution in [1.29, 1.82) is 0 Å². The van der Waals surface area contributed by atoms with Crippen LogP contribution in [0.15, 0.2) is 59.5 Å². The molecule has 2 aromatic carbocycles. The zero-order valence-corrected chi connectivity index (χ0v) is 17.2. The number of aryl methyl sites for hydroxylation is 1. The summed E-state index contributed by atoms with van der Waals surface area (Å²) in [5, 5.41) is 3.01. The molecular formula is C21H27N3O3S. The molecule has 1 amide bonds. The topological polar surface area (TPSA) is 69.7 Å². The van der Waals surface area contributed by atoms with Crippen molar-refractivity contribution in [2.24, 2.45) is 0 Å². The molecule has 0 atom stereocenters. The predicted molar refractivity (Wildman–Crippen MR) is 111 cm³/mol. The number of nitrogens with one attached hydrogen (secondary N) is 1. The molecule has 1 fully saturated rings. The lowest BCUT2D eigenvalue weighted by Crippen LogP contribution is -2.48. The number of likely N-dealkylation sites (tertiary alicyclic amines) is 1. The molecule has 1 saturated heterocycles. The number of carbonyl (C=O) groups is 1. The standard InChI is InChI=1S/C21H27N3O3S/c1-17-8-6-7-11-20(17)24(28(26,27)19-9-4-3-5-10-19)16-21(25)22-18-12-14-23(2)15-13-18/h3-11,18H,12-16H2,1-2H3,(H,22,25). The van der Waals surface area contributed by atoms with Crippen molar-refractivity contribution in [2.45, 2.75) is 30.7 Å². The molecule has 2 aromatic rings. The molecule has 0 saturated carbocycles. The molecule has 1 aliphatic heterocycles. The summed E-state index contributed by atoms with van der Waals surface area (Å²) in [6.07, 6.45) is 1.75. The first-order chi connectivity index (χ1) is 13.4. The average Bonchev–Trinajstić information content (AvgIpc) is 2.69. The fourth-order valence-electron chi connectivity index (χ4n) is 3.42. The van der Waals surface area contributed by atoms with Crippen LogP contribution < -0.4 is 9.62 Å². The first kappa shape index (κ1) is 20.4. The van der Waals surface area contributed by atoms with Crippen molar-refractivity contribution < 1.29 is 13.2 Å². The van der Waals surface area contributed by atoms with Gasteiger partial charge in [0.25, 0.3) is 10.0 Å². The number of carbonyl (C=O) groups excluding carboxylic acids is 1. The predicted octanol–water partition coefficient (Wildman–Crippen LogP) is 2.40. The number of hydrogen-bond acceptors (Lipinski definition) is 4. The van der Waals surface area contributed by atoms with E-state index in [1.54, 1.807) is 42.5 Å². The highest BCUT2D eigenvalue weighted by Crippen LogP contribution is 2.26. The van der Waals surface area contributed by atoms with Crippen LogP contribution in [0.1, 0.15) is 18.4 Å². The van der Waals surface area contributed by atoms with E-state index < -0.39 is 10.0 Å². The van der Waals surface area contributed by atoms with Crippen LogP contribution in [0.25, 0.3) is 0 Å². The van der Waals surface area contributed by atoms with Gasteiger partial charge in [-0.05, 0) is 63.7 Å². The highest BCUT2D eigenvalue weighted by molar-refractivity contribution is 7.92. The van der Waals surface area contributed by atoms with Crippen LogP contribution in [0, 0.1) is 6.92 Å². The fraction of sp³-hybridized carbons (Fsp3) is 0.381. The van der Waals surface area contributed by atoms with Gasteiger partial charge in [0.2, 0.25) is 5.91 Å². The Balaban J connectivity index is 1.85. The zero-order chi connectivity index (χ0) is 20.1. The second-order valence-corrected chi connectivity index (χ2v) is 9.12. The second kappa shape index (κ2) is 8.75. The lowest BCUT2D eigenvalue weighted by molar-refractivity contribution is -0.120. The Hall–Kier alpha value is -2.38. The molecule has 28 heavy (non-hydrogen) atoms. The van der Waals surface area contributed by atoms with Crippen LogP contribution in [0.2, 0.25) is 0 Å². The second-order valence-electron chi connectivity index (χ2n) is 7.26. The van der Waals surface area contributed by atoms with E-state index in [9.17, 15) is 13.2 Å². The monoisotopic (exact) mass is 401 g/mol. The third kappa shape index (κ3) is 4.72. The van der Waals surface area contributed by atoms with E-state index >= 15 is 0 Å². The van der Waals surface area contributed by atoms with Crippen LogP contribution >= 0.6 is 0 Å². The van der Waals surface area contributed by atoms with Gasteiger partial charge in [-0.25, -0.2) is 8.42 Å². The smallest absolute Gasteiger partial charge is 0.264 e. The van der Waals surface area contributed by atoms with E-state index in [1.807, 2.05) is 19.1 Å². The van der Waals surface area contributed by atoms with Gasteiger partial charge in [0, 0.05) is 6.04 Å². The molecular weight excluding hydrogens is 374 g/mol. The van der Waals surface area contributed by atoms with Crippen LogP contribution in [0.4, 0.5) is 5.69 Å². The Bertz CT molecular complexity index is 908. The lowest BCUT2D eigenvalue weighted by atomic mass is 10.1. The minimum atomic E-state index is -3.86. The molecule has 7 heteroatoms. The van der Waals surface area contributed by atoms with Crippen LogP contribution in [0.5, 0.6) is 0 Å². The zero-order valence-electron chi connectivity index (χ0n) is 16.3. The van der Waals surface area contributed by atoms with Gasteiger partial charge in [0.1, 0.15) is 6.54 Å². The molecule has 0 spiro atoms. The van der Waals surface area contributed by atoms with Gasteiger partial charge in [-0.2, -0.15) is 0 Å². The van der Waals surface area contributed by atoms with E-state index in [0.717, 1.165) is 31.5 Å². The van der Waals surface area contributed by atoms with Crippen molar-refractivity contribution in [3.8, 4) is 0 Å². The van der Waals surface area contributed by atoms with Gasteiger partial charge in [-0.15, -0.1) is 0 Å². The Morgan fingerprint density at radius 3 is 2.32 bits per heavy atom. The normalized spacial score (nSPS) is 15.9. The minimum Gasteiger partial charge on any atom is -0.352 e. The maximum atomic E-state index is 13.3. The molecule has 0 unspecified atom stereocenters. The maximum absolute atomic E-state index is 13.3. The van der Waals surface area contributed by atoms with E-state index in [0.29, 0.717) is 5.69 Å². The summed E-state index contributed by atoms with van der Waals surface area (Å²) in [7, 11) is -1.80. The number of nitrogens with zero attached hydrogens (tertiary/aromatic N) is 2. The fourth-order valence-corrected chi connectivity index (χ4v) is 4.93. The molecule has 0 aromatic heterocycles. The van der Waals surface area contributed by atoms with Gasteiger partial charge in [0.05, 0.1) is 10.6 Å². The summed E-state index contributed by atoms with van der Waals surface area (Å²) in [6, 6.07) is 15.5. The Kier molecular flexibility index (Phi) is 6.36. The Labute approximate surface area is 167 Å². The largest absolute Gasteiger partial charge is 0.352 e. The number of hydrogen-bond donors (Lipinski definition) is 1. The molecule has 1 N–H and O–H groups in total. The first-order valence-corrected chi connectivity index (χ1v) is 10.9. The van der Waals surface area contributed by atoms with Gasteiger partial charge in [-0.1, -0.05) is 36.4 Å². The summed E-state index contributed by atoms with van der Waals surface area (Å²) >= 11 is 0. The van der Waals surface area contributed by atoms with Gasteiger partial charge < -0.3 is 10.2 Å². The number of sulfonamides is 1. The van der Waals surface area contributed by atoms with Crippen molar-refractivity contribution in [1.82, 2.24) is 10.2 Å². The highest BCUT2D eigenvalue weighted by atomic mass is 32.2. The average molecular weight is 402 g/mol. The lowest BCUT2D eigenvalue weighted by Gasteiger charge is -2.31. The van der Waals surface area contributed by atoms with Gasteiger partial charge in [0.15, 0.2) is 0 Å². The number of anilines is 1. The third-order valence-corrected chi connectivity index (χ3v) is 6.86. The Morgan fingerprint density at radius 1 is 1.07 bits per heavy atom. The SMILES string of the molecule is Cc1ccccc1N(CC(=O)NC1CCN(C)CC1)S(=O)(=O)c1ccccc1. The first-order valence-electron chi connectivity index (χ1n) is 9.49. The van der Waals surface area contributed by atoms with E-state index in [4.69, 9.17) is 0 Å². The Morgan fingerprint density at radius 2 is 1.68 bits per heavy atom. The summed E-state index contributed by atoms with van der Waals surface area (Å²) in [4.78, 5) is 15.1. The molecule has 0 bridgehead atoms. The van der Waals surface area contributed by atoms with E-state index in [1.165, 1.54) is 4.31 Å². The molecule has 1 aliphatic rings. The van der Waals surface area contributed by atoms with Crippen molar-refractivity contribution >= 4 is 21.6 Å². The molecule has 6 nitrogen and oxygen atoms in total. The van der Waals surface area contributed by atoms with Crippen molar-refractivity contribution in [2.75, 3.05) is 31.0 Å².